The summed E-state index contributed by atoms with van der Waals surface area (Å²) in [5.74, 6) is 0.768. The Hall–Kier alpha value is -2.95. The van der Waals surface area contributed by atoms with E-state index in [2.05, 4.69) is 9.98 Å². The first-order valence-corrected chi connectivity index (χ1v) is 8.95. The molecule has 1 amide bonds. The molecule has 0 aliphatic carbocycles. The zero-order valence-corrected chi connectivity index (χ0v) is 15.5. The fraction of sp³-hybridized carbons (Fsp3) is 0. The molecular formula is C21H13Cl2N3O. The first-order valence-electron chi connectivity index (χ1n) is 8.20. The van der Waals surface area contributed by atoms with Gasteiger partial charge in [0.2, 0.25) is 0 Å². The van der Waals surface area contributed by atoms with Crippen LogP contribution in [0.5, 0.6) is 0 Å². The predicted molar refractivity (Wildman–Crippen MR) is 109 cm³/mol. The van der Waals surface area contributed by atoms with Crippen molar-refractivity contribution >= 4 is 46.8 Å². The maximum Gasteiger partial charge on any atom is 0.283 e. The van der Waals surface area contributed by atoms with E-state index in [0.29, 0.717) is 27.3 Å². The molecule has 0 saturated heterocycles. The summed E-state index contributed by atoms with van der Waals surface area (Å²) < 4.78 is 0. The average Bonchev–Trinajstić information content (AvgIpc) is 3.02. The van der Waals surface area contributed by atoms with E-state index in [1.54, 1.807) is 42.6 Å². The third-order valence-corrected chi connectivity index (χ3v) is 4.59. The molecule has 0 atom stereocenters. The summed E-state index contributed by atoms with van der Waals surface area (Å²) in [4.78, 5) is 23.5. The Morgan fingerprint density at radius 3 is 2.41 bits per heavy atom. The Kier molecular flexibility index (Phi) is 4.75. The summed E-state index contributed by atoms with van der Waals surface area (Å²) in [6.07, 6.45) is 3.30. The smallest absolute Gasteiger partial charge is 0.266 e. The summed E-state index contributed by atoms with van der Waals surface area (Å²) in [7, 11) is 0. The van der Waals surface area contributed by atoms with Crippen molar-refractivity contribution < 1.29 is 4.79 Å². The quantitative estimate of drug-likeness (QED) is 0.572. The lowest BCUT2D eigenvalue weighted by atomic mass is 10.2. The van der Waals surface area contributed by atoms with Crippen molar-refractivity contribution in [2.75, 3.05) is 4.90 Å². The van der Waals surface area contributed by atoms with E-state index in [-0.39, 0.29) is 11.6 Å². The van der Waals surface area contributed by atoms with Crippen molar-refractivity contribution in [2.24, 2.45) is 4.99 Å². The van der Waals surface area contributed by atoms with Gasteiger partial charge in [-0.2, -0.15) is 0 Å². The van der Waals surface area contributed by atoms with Crippen molar-refractivity contribution in [3.05, 3.63) is 99.8 Å². The molecule has 4 nitrogen and oxygen atoms in total. The number of pyridine rings is 1. The zero-order valence-electron chi connectivity index (χ0n) is 14.0. The van der Waals surface area contributed by atoms with E-state index in [1.165, 1.54) is 4.90 Å². The first-order chi connectivity index (χ1) is 13.1. The maximum atomic E-state index is 13.1. The number of anilines is 1. The van der Waals surface area contributed by atoms with Gasteiger partial charge in [0.05, 0.1) is 0 Å². The summed E-state index contributed by atoms with van der Waals surface area (Å²) in [6.45, 7) is 0. The van der Waals surface area contributed by atoms with Crippen molar-refractivity contribution in [2.45, 2.75) is 0 Å². The van der Waals surface area contributed by atoms with Gasteiger partial charge in [-0.15, -0.1) is 0 Å². The second kappa shape index (κ2) is 7.35. The van der Waals surface area contributed by atoms with Crippen molar-refractivity contribution in [1.29, 1.82) is 0 Å². The van der Waals surface area contributed by atoms with Crippen LogP contribution in [0.25, 0.3) is 6.08 Å². The summed E-state index contributed by atoms with van der Waals surface area (Å²) in [5, 5.41) is 0.985. The molecule has 0 saturated carbocycles. The minimum absolute atomic E-state index is 0.265. The van der Waals surface area contributed by atoms with Gasteiger partial charge in [0, 0.05) is 21.8 Å². The van der Waals surface area contributed by atoms with Gasteiger partial charge in [-0.25, -0.2) is 14.9 Å². The van der Waals surface area contributed by atoms with Crippen LogP contribution < -0.4 is 4.90 Å². The third kappa shape index (κ3) is 3.50. The Morgan fingerprint density at radius 2 is 1.70 bits per heavy atom. The molecule has 1 aliphatic rings. The zero-order chi connectivity index (χ0) is 18.8. The first kappa shape index (κ1) is 17.5. The second-order valence-electron chi connectivity index (χ2n) is 5.83. The van der Waals surface area contributed by atoms with Gasteiger partial charge in [-0.05, 0) is 35.9 Å². The van der Waals surface area contributed by atoms with Crippen LogP contribution in [-0.4, -0.2) is 16.7 Å². The van der Waals surface area contributed by atoms with E-state index >= 15 is 0 Å². The molecule has 6 heteroatoms. The lowest BCUT2D eigenvalue weighted by molar-refractivity contribution is -0.113. The van der Waals surface area contributed by atoms with Crippen molar-refractivity contribution in [3.8, 4) is 0 Å². The number of amidine groups is 1. The van der Waals surface area contributed by atoms with Gasteiger partial charge in [0.25, 0.3) is 5.91 Å². The van der Waals surface area contributed by atoms with Gasteiger partial charge in [0.15, 0.2) is 0 Å². The number of benzene rings is 2. The normalized spacial score (nSPS) is 15.3. The van der Waals surface area contributed by atoms with Gasteiger partial charge >= 0.3 is 0 Å². The van der Waals surface area contributed by atoms with E-state index < -0.39 is 0 Å². The maximum absolute atomic E-state index is 13.1. The minimum atomic E-state index is -0.265. The standard InChI is InChI=1S/C21H13Cl2N3O/c22-16-10-9-15(17(23)13-16)12-18-21(27)26(19-8-4-5-11-24-19)20(25-18)14-6-2-1-3-7-14/h1-13H. The second-order valence-corrected chi connectivity index (χ2v) is 6.67. The number of amides is 1. The van der Waals surface area contributed by atoms with Gasteiger partial charge in [0.1, 0.15) is 17.4 Å². The summed E-state index contributed by atoms with van der Waals surface area (Å²) in [5.41, 5.74) is 1.77. The highest BCUT2D eigenvalue weighted by molar-refractivity contribution is 6.36. The van der Waals surface area contributed by atoms with Crippen LogP contribution in [0.15, 0.2) is 83.6 Å². The Bertz CT molecular complexity index is 1060. The number of hydrogen-bond acceptors (Lipinski definition) is 3. The molecule has 0 radical (unpaired) electrons. The minimum Gasteiger partial charge on any atom is -0.266 e. The molecule has 2 aromatic carbocycles. The summed E-state index contributed by atoms with van der Waals surface area (Å²) >= 11 is 12.2. The van der Waals surface area contributed by atoms with Crippen LogP contribution in [0.4, 0.5) is 5.82 Å². The number of rotatable bonds is 3. The van der Waals surface area contributed by atoms with Crippen molar-refractivity contribution in [1.82, 2.24) is 4.98 Å². The highest BCUT2D eigenvalue weighted by atomic mass is 35.5. The van der Waals surface area contributed by atoms with Crippen LogP contribution >= 0.6 is 23.2 Å². The van der Waals surface area contributed by atoms with E-state index in [0.717, 1.165) is 5.56 Å². The van der Waals surface area contributed by atoms with Crippen LogP contribution in [0.2, 0.25) is 10.0 Å². The number of hydrogen-bond donors (Lipinski definition) is 0. The number of halogens is 2. The fourth-order valence-electron chi connectivity index (χ4n) is 2.76. The van der Waals surface area contributed by atoms with E-state index in [9.17, 15) is 4.79 Å². The Labute approximate surface area is 166 Å². The molecule has 1 aromatic heterocycles. The molecule has 132 valence electrons. The molecule has 0 unspecified atom stereocenters. The highest BCUT2D eigenvalue weighted by Crippen LogP contribution is 2.29. The number of aromatic nitrogens is 1. The average molecular weight is 394 g/mol. The van der Waals surface area contributed by atoms with Crippen LogP contribution in [0.1, 0.15) is 11.1 Å². The molecule has 0 bridgehead atoms. The predicted octanol–water partition coefficient (Wildman–Crippen LogP) is 5.22. The molecule has 2 heterocycles. The van der Waals surface area contributed by atoms with Gasteiger partial charge in [-0.3, -0.25) is 4.79 Å². The molecule has 0 spiro atoms. The van der Waals surface area contributed by atoms with E-state index in [4.69, 9.17) is 23.2 Å². The number of carbonyl (C=O) groups excluding carboxylic acids is 1. The molecule has 0 N–H and O–H groups in total. The molecule has 4 rings (SSSR count). The number of nitrogens with zero attached hydrogens (tertiary/aromatic N) is 3. The van der Waals surface area contributed by atoms with Crippen LogP contribution in [0.3, 0.4) is 0 Å². The molecular weight excluding hydrogens is 381 g/mol. The largest absolute Gasteiger partial charge is 0.283 e. The number of aliphatic imine (C=N–C) groups is 1. The Morgan fingerprint density at radius 1 is 0.926 bits per heavy atom. The van der Waals surface area contributed by atoms with Crippen molar-refractivity contribution in [3.63, 3.8) is 0 Å². The monoisotopic (exact) mass is 393 g/mol. The van der Waals surface area contributed by atoms with Crippen LogP contribution in [-0.2, 0) is 4.79 Å². The molecule has 3 aromatic rings. The summed E-state index contributed by atoms with van der Waals surface area (Å²) in [6, 6.07) is 20.0. The van der Waals surface area contributed by atoms with E-state index in [1.807, 2.05) is 36.4 Å². The van der Waals surface area contributed by atoms with Crippen LogP contribution in [0, 0.1) is 0 Å². The third-order valence-electron chi connectivity index (χ3n) is 4.03. The van der Waals surface area contributed by atoms with Gasteiger partial charge < -0.3 is 0 Å². The SMILES string of the molecule is O=C1C(=Cc2ccc(Cl)cc2Cl)N=C(c2ccccc2)N1c1ccccn1. The topological polar surface area (TPSA) is 45.6 Å². The molecule has 27 heavy (non-hydrogen) atoms. The van der Waals surface area contributed by atoms with Gasteiger partial charge in [-0.1, -0.05) is 65.7 Å². The molecule has 1 aliphatic heterocycles. The number of carbonyl (C=O) groups is 1. The molecule has 0 fully saturated rings. The Balaban J connectivity index is 1.83. The lowest BCUT2D eigenvalue weighted by Crippen LogP contribution is -2.33. The fourth-order valence-corrected chi connectivity index (χ4v) is 3.22. The lowest BCUT2D eigenvalue weighted by Gasteiger charge is -2.17. The highest BCUT2D eigenvalue weighted by Gasteiger charge is 2.33.